The lowest BCUT2D eigenvalue weighted by Gasteiger charge is -2.19. The van der Waals surface area contributed by atoms with E-state index in [1.54, 1.807) is 24.3 Å². The lowest BCUT2D eigenvalue weighted by molar-refractivity contribution is 0.102. The van der Waals surface area contributed by atoms with Gasteiger partial charge in [0.2, 0.25) is 0 Å². The summed E-state index contributed by atoms with van der Waals surface area (Å²) in [5.74, 6) is -0.954. The number of rotatable bonds is 7. The third-order valence-electron chi connectivity index (χ3n) is 4.95. The molecule has 1 aromatic carbocycles. The molecular formula is C20H23N5O5S. The van der Waals surface area contributed by atoms with Crippen LogP contribution in [0.5, 0.6) is 0 Å². The molecule has 0 fully saturated rings. The molecule has 0 saturated carbocycles. The number of fused-ring (bicyclic) bond motifs is 1. The number of hydrogen-bond acceptors (Lipinski definition) is 8. The molecule has 2 aromatic heterocycles. The van der Waals surface area contributed by atoms with Crippen molar-refractivity contribution in [2.45, 2.75) is 18.1 Å². The van der Waals surface area contributed by atoms with E-state index in [9.17, 15) is 19.2 Å². The van der Waals surface area contributed by atoms with Crippen LogP contribution < -0.4 is 22.5 Å². The van der Waals surface area contributed by atoms with E-state index in [4.69, 9.17) is 10.5 Å². The fraction of sp³-hybridized carbons (Fsp3) is 0.350. The predicted molar refractivity (Wildman–Crippen MR) is 119 cm³/mol. The summed E-state index contributed by atoms with van der Waals surface area (Å²) in [5, 5.41) is 0.777. The summed E-state index contributed by atoms with van der Waals surface area (Å²) in [6.45, 7) is 2.09. The molecule has 164 valence electrons. The molecule has 3 rings (SSSR count). The van der Waals surface area contributed by atoms with E-state index in [1.165, 1.54) is 25.8 Å². The highest BCUT2D eigenvalue weighted by Crippen LogP contribution is 2.22. The number of ether oxygens (including phenoxy) is 1. The molecule has 0 radical (unpaired) electrons. The van der Waals surface area contributed by atoms with Crippen LogP contribution in [0.1, 0.15) is 23.3 Å². The highest BCUT2D eigenvalue weighted by molar-refractivity contribution is 7.99. The number of ketones is 1. The lowest BCUT2D eigenvalue weighted by Crippen LogP contribution is -2.41. The molecule has 3 aromatic rings. The van der Waals surface area contributed by atoms with E-state index in [0.29, 0.717) is 16.1 Å². The normalized spacial score (nSPS) is 12.3. The molecule has 0 aliphatic rings. The highest BCUT2D eigenvalue weighted by atomic mass is 32.2. The first kappa shape index (κ1) is 22.5. The Hall–Kier alpha value is -3.18. The number of benzene rings is 1. The minimum absolute atomic E-state index is 0.192. The van der Waals surface area contributed by atoms with Crippen LogP contribution in [0.15, 0.2) is 43.8 Å². The van der Waals surface area contributed by atoms with Crippen LogP contribution in [0, 0.1) is 0 Å². The van der Waals surface area contributed by atoms with Gasteiger partial charge >= 0.3 is 5.69 Å². The predicted octanol–water partition coefficient (Wildman–Crippen LogP) is 0.559. The van der Waals surface area contributed by atoms with Crippen molar-refractivity contribution in [3.05, 3.63) is 61.0 Å². The first-order valence-electron chi connectivity index (χ1n) is 9.40. The lowest BCUT2D eigenvalue weighted by atomic mass is 10.2. The fourth-order valence-electron chi connectivity index (χ4n) is 3.26. The summed E-state index contributed by atoms with van der Waals surface area (Å²) in [5.41, 5.74) is 4.48. The maximum absolute atomic E-state index is 13.1. The Kier molecular flexibility index (Phi) is 6.46. The van der Waals surface area contributed by atoms with Crippen LogP contribution >= 0.6 is 11.8 Å². The van der Waals surface area contributed by atoms with Crippen molar-refractivity contribution in [3.63, 3.8) is 0 Å². The second-order valence-corrected chi connectivity index (χ2v) is 8.01. The number of para-hydroxylation sites is 1. The van der Waals surface area contributed by atoms with Crippen molar-refractivity contribution in [1.82, 2.24) is 18.7 Å². The minimum atomic E-state index is -0.761. The van der Waals surface area contributed by atoms with Crippen molar-refractivity contribution in [3.8, 4) is 0 Å². The van der Waals surface area contributed by atoms with Gasteiger partial charge in [-0.3, -0.25) is 28.1 Å². The van der Waals surface area contributed by atoms with E-state index in [0.717, 1.165) is 20.9 Å². The maximum atomic E-state index is 13.1. The summed E-state index contributed by atoms with van der Waals surface area (Å²) in [6, 6.07) is 6.60. The Morgan fingerprint density at radius 1 is 1.16 bits per heavy atom. The van der Waals surface area contributed by atoms with Gasteiger partial charge in [0.15, 0.2) is 10.9 Å². The number of nitrogen functional groups attached to an aromatic ring is 1. The number of thioether (sulfide) groups is 1. The van der Waals surface area contributed by atoms with Gasteiger partial charge in [-0.15, -0.1) is 0 Å². The second kappa shape index (κ2) is 8.90. The average molecular weight is 446 g/mol. The summed E-state index contributed by atoms with van der Waals surface area (Å²) in [7, 11) is 4.20. The van der Waals surface area contributed by atoms with Crippen molar-refractivity contribution in [2.24, 2.45) is 14.1 Å². The number of anilines is 1. The molecule has 0 aliphatic carbocycles. The van der Waals surface area contributed by atoms with Gasteiger partial charge in [0, 0.05) is 21.2 Å². The maximum Gasteiger partial charge on any atom is 0.332 e. The summed E-state index contributed by atoms with van der Waals surface area (Å²) < 4.78 is 8.54. The molecular weight excluding hydrogens is 422 g/mol. The molecule has 1 atom stereocenters. The first-order chi connectivity index (χ1) is 14.7. The first-order valence-corrected chi connectivity index (χ1v) is 10.4. The quantitative estimate of drug-likeness (QED) is 0.317. The molecule has 2 heterocycles. The van der Waals surface area contributed by atoms with Crippen molar-refractivity contribution in [2.75, 3.05) is 25.2 Å². The molecule has 0 unspecified atom stereocenters. The second-order valence-electron chi connectivity index (χ2n) is 7.07. The number of nitrogens with zero attached hydrogens (tertiary/aromatic N) is 4. The molecule has 31 heavy (non-hydrogen) atoms. The largest absolute Gasteiger partial charge is 0.384 e. The average Bonchev–Trinajstić information content (AvgIpc) is 2.75. The monoisotopic (exact) mass is 445 g/mol. The van der Waals surface area contributed by atoms with Crippen LogP contribution in [0.25, 0.3) is 10.9 Å². The zero-order valence-corrected chi connectivity index (χ0v) is 18.4. The van der Waals surface area contributed by atoms with Gasteiger partial charge < -0.3 is 10.5 Å². The van der Waals surface area contributed by atoms with Gasteiger partial charge in [-0.1, -0.05) is 23.9 Å². The number of aromatic nitrogens is 4. The standard InChI is InChI=1S/C20H23N5O5S/c1-11(9-30-4)25-17(27)12-7-5-6-8-13(12)22-19(25)31-10-14(26)15-16(21)23(2)20(29)24(3)18(15)28/h5-8,11H,9-10,21H2,1-4H3/t11-/m0/s1. The zero-order valence-electron chi connectivity index (χ0n) is 17.6. The van der Waals surface area contributed by atoms with Gasteiger partial charge in [-0.25, -0.2) is 9.78 Å². The van der Waals surface area contributed by atoms with E-state index in [2.05, 4.69) is 4.98 Å². The third-order valence-corrected chi connectivity index (χ3v) is 5.90. The minimum Gasteiger partial charge on any atom is -0.384 e. The Labute approximate surface area is 181 Å². The van der Waals surface area contributed by atoms with Gasteiger partial charge in [0.1, 0.15) is 11.4 Å². The van der Waals surface area contributed by atoms with E-state index >= 15 is 0 Å². The molecule has 0 spiro atoms. The Balaban J connectivity index is 2.04. The molecule has 10 nitrogen and oxygen atoms in total. The number of carbonyl (C=O) groups excluding carboxylic acids is 1. The summed E-state index contributed by atoms with van der Waals surface area (Å²) in [4.78, 5) is 54.9. The summed E-state index contributed by atoms with van der Waals surface area (Å²) in [6.07, 6.45) is 0. The van der Waals surface area contributed by atoms with Gasteiger partial charge in [-0.05, 0) is 19.1 Å². The highest BCUT2D eigenvalue weighted by Gasteiger charge is 2.22. The fourth-order valence-corrected chi connectivity index (χ4v) is 4.23. The van der Waals surface area contributed by atoms with E-state index in [-0.39, 0.29) is 35.3 Å². The van der Waals surface area contributed by atoms with Gasteiger partial charge in [0.25, 0.3) is 11.1 Å². The molecule has 0 amide bonds. The molecule has 11 heteroatoms. The Bertz CT molecular complexity index is 1340. The Morgan fingerprint density at radius 2 is 1.84 bits per heavy atom. The van der Waals surface area contributed by atoms with Crippen molar-refractivity contribution < 1.29 is 9.53 Å². The number of methoxy groups -OCH3 is 1. The smallest absolute Gasteiger partial charge is 0.332 e. The topological polar surface area (TPSA) is 131 Å². The van der Waals surface area contributed by atoms with Crippen molar-refractivity contribution in [1.29, 1.82) is 0 Å². The van der Waals surface area contributed by atoms with Crippen LogP contribution in [0.3, 0.4) is 0 Å². The van der Waals surface area contributed by atoms with E-state index in [1.807, 2.05) is 6.92 Å². The van der Waals surface area contributed by atoms with Crippen molar-refractivity contribution >= 4 is 34.3 Å². The number of hydrogen-bond donors (Lipinski definition) is 1. The number of carbonyl (C=O) groups is 1. The molecule has 0 saturated heterocycles. The van der Waals surface area contributed by atoms with Crippen LogP contribution in [0.4, 0.5) is 5.82 Å². The molecule has 2 N–H and O–H groups in total. The van der Waals surface area contributed by atoms with Gasteiger partial charge in [0.05, 0.1) is 29.3 Å². The SMILES string of the molecule is COC[C@H](C)n1c(SCC(=O)c2c(N)n(C)c(=O)n(C)c2=O)nc2ccccc2c1=O. The number of nitrogens with two attached hydrogens (primary N) is 1. The molecule has 0 bridgehead atoms. The van der Waals surface area contributed by atoms with Gasteiger partial charge in [-0.2, -0.15) is 0 Å². The third kappa shape index (κ3) is 4.06. The summed E-state index contributed by atoms with van der Waals surface area (Å²) >= 11 is 1.02. The van der Waals surface area contributed by atoms with E-state index < -0.39 is 17.0 Å². The molecule has 0 aliphatic heterocycles. The Morgan fingerprint density at radius 3 is 2.52 bits per heavy atom. The van der Waals surface area contributed by atoms with Crippen LogP contribution in [-0.2, 0) is 18.8 Å². The zero-order chi connectivity index (χ0) is 22.9. The number of Topliss-reactive ketones (excluding diaryl/α,β-unsaturated/α-hetero) is 1. The van der Waals surface area contributed by atoms with Crippen LogP contribution in [0.2, 0.25) is 0 Å². The van der Waals surface area contributed by atoms with Crippen LogP contribution in [-0.4, -0.2) is 43.9 Å².